The second kappa shape index (κ2) is 7.13. The van der Waals surface area contributed by atoms with Crippen LogP contribution in [0.25, 0.3) is 0 Å². The third-order valence-electron chi connectivity index (χ3n) is 2.41. The normalized spacial score (nSPS) is 10.3. The zero-order valence-corrected chi connectivity index (χ0v) is 11.3. The highest BCUT2D eigenvalue weighted by atomic mass is 32.1. The van der Waals surface area contributed by atoms with Crippen molar-refractivity contribution in [2.24, 2.45) is 0 Å². The minimum atomic E-state index is -1.00. The maximum Gasteiger partial charge on any atom is 0.345 e. The van der Waals surface area contributed by atoms with E-state index >= 15 is 0 Å². The first kappa shape index (κ1) is 14.7. The molecule has 1 amide bonds. The number of carboxylic acid groups (broad SMARTS) is 1. The highest BCUT2D eigenvalue weighted by Gasteiger charge is 2.17. The topological polar surface area (TPSA) is 66.8 Å². The van der Waals surface area contributed by atoms with Gasteiger partial charge in [0.15, 0.2) is 0 Å². The van der Waals surface area contributed by atoms with Gasteiger partial charge in [-0.05, 0) is 26.0 Å². The Morgan fingerprint density at radius 3 is 2.50 bits per heavy atom. The number of rotatable bonds is 7. The summed E-state index contributed by atoms with van der Waals surface area (Å²) < 4.78 is 5.21. The van der Waals surface area contributed by atoms with Gasteiger partial charge in [0, 0.05) is 19.7 Å². The van der Waals surface area contributed by atoms with Crippen LogP contribution in [0, 0.1) is 0 Å². The predicted octanol–water partition coefficient (Wildman–Crippen LogP) is 1.94. The van der Waals surface area contributed by atoms with E-state index in [4.69, 9.17) is 9.84 Å². The number of likely N-dealkylation sites (N-methyl/N-ethyl adjacent to an activating group) is 1. The lowest BCUT2D eigenvalue weighted by molar-refractivity contribution is 0.0672. The van der Waals surface area contributed by atoms with Gasteiger partial charge in [-0.15, -0.1) is 11.3 Å². The average molecular weight is 271 g/mol. The molecule has 0 bridgehead atoms. The summed E-state index contributed by atoms with van der Waals surface area (Å²) in [5, 5.41) is 8.81. The number of ether oxygens (including phenoxy) is 1. The minimum absolute atomic E-state index is 0.144. The van der Waals surface area contributed by atoms with Crippen LogP contribution in [0.4, 0.5) is 0 Å². The van der Waals surface area contributed by atoms with Crippen LogP contribution in [0.5, 0.6) is 0 Å². The Hall–Kier alpha value is -1.40. The summed E-state index contributed by atoms with van der Waals surface area (Å²) in [5.41, 5.74) is 0. The Kier molecular flexibility index (Phi) is 5.80. The molecule has 0 radical (unpaired) electrons. The number of carboxylic acids is 1. The van der Waals surface area contributed by atoms with Crippen LogP contribution in [-0.4, -0.2) is 48.2 Å². The fourth-order valence-corrected chi connectivity index (χ4v) is 2.26. The van der Waals surface area contributed by atoms with E-state index in [9.17, 15) is 9.59 Å². The maximum absolute atomic E-state index is 12.1. The molecule has 1 N–H and O–H groups in total. The summed E-state index contributed by atoms with van der Waals surface area (Å²) in [5.74, 6) is -1.15. The van der Waals surface area contributed by atoms with E-state index in [0.29, 0.717) is 31.2 Å². The number of thiophene rings is 1. The van der Waals surface area contributed by atoms with E-state index in [1.807, 2.05) is 13.8 Å². The molecule has 100 valence electrons. The molecule has 0 aliphatic carbocycles. The fraction of sp³-hybridized carbons (Fsp3) is 0.500. The molecule has 0 saturated heterocycles. The first-order chi connectivity index (χ1) is 8.60. The zero-order chi connectivity index (χ0) is 13.5. The SMILES string of the molecule is CCOCCN(CC)C(=O)c1ccc(C(=O)O)s1. The molecular formula is C12H17NO4S. The van der Waals surface area contributed by atoms with Gasteiger partial charge in [0.05, 0.1) is 11.5 Å². The molecule has 0 aliphatic heterocycles. The van der Waals surface area contributed by atoms with E-state index in [1.165, 1.54) is 6.07 Å². The second-order valence-corrected chi connectivity index (χ2v) is 4.63. The van der Waals surface area contributed by atoms with Gasteiger partial charge in [-0.1, -0.05) is 0 Å². The van der Waals surface area contributed by atoms with Crippen molar-refractivity contribution in [2.45, 2.75) is 13.8 Å². The molecule has 1 rings (SSSR count). The van der Waals surface area contributed by atoms with E-state index in [1.54, 1.807) is 11.0 Å². The van der Waals surface area contributed by atoms with Gasteiger partial charge in [0.1, 0.15) is 4.88 Å². The smallest absolute Gasteiger partial charge is 0.345 e. The van der Waals surface area contributed by atoms with Crippen molar-refractivity contribution in [3.63, 3.8) is 0 Å². The molecule has 5 nitrogen and oxygen atoms in total. The highest BCUT2D eigenvalue weighted by molar-refractivity contribution is 7.15. The zero-order valence-electron chi connectivity index (χ0n) is 10.5. The molecule has 1 aromatic rings. The Morgan fingerprint density at radius 2 is 2.00 bits per heavy atom. The first-order valence-corrected chi connectivity index (χ1v) is 6.61. The van der Waals surface area contributed by atoms with Crippen LogP contribution in [-0.2, 0) is 4.74 Å². The third-order valence-corrected chi connectivity index (χ3v) is 3.47. The van der Waals surface area contributed by atoms with Crippen molar-refractivity contribution < 1.29 is 19.4 Å². The predicted molar refractivity (Wildman–Crippen MR) is 69.3 cm³/mol. The van der Waals surface area contributed by atoms with Gasteiger partial charge in [0.2, 0.25) is 0 Å². The van der Waals surface area contributed by atoms with Crippen molar-refractivity contribution in [1.82, 2.24) is 4.90 Å². The number of carbonyl (C=O) groups excluding carboxylic acids is 1. The summed E-state index contributed by atoms with van der Waals surface area (Å²) in [6, 6.07) is 3.01. The molecule has 0 fully saturated rings. The number of aromatic carboxylic acids is 1. The standard InChI is InChI=1S/C12H17NO4S/c1-3-13(7-8-17-4-2)11(14)9-5-6-10(18-9)12(15)16/h5-6H,3-4,7-8H2,1-2H3,(H,15,16). The number of amides is 1. The Morgan fingerprint density at radius 1 is 1.33 bits per heavy atom. The van der Waals surface area contributed by atoms with Gasteiger partial charge in [-0.3, -0.25) is 4.79 Å². The van der Waals surface area contributed by atoms with Gasteiger partial charge < -0.3 is 14.7 Å². The van der Waals surface area contributed by atoms with E-state index in [0.717, 1.165) is 11.3 Å². The molecule has 1 heterocycles. The van der Waals surface area contributed by atoms with Crippen LogP contribution in [0.3, 0.4) is 0 Å². The van der Waals surface area contributed by atoms with Crippen molar-refractivity contribution in [3.8, 4) is 0 Å². The lowest BCUT2D eigenvalue weighted by atomic mass is 10.3. The molecule has 6 heteroatoms. The molecule has 18 heavy (non-hydrogen) atoms. The number of nitrogens with zero attached hydrogens (tertiary/aromatic N) is 1. The maximum atomic E-state index is 12.1. The fourth-order valence-electron chi connectivity index (χ4n) is 1.45. The Balaban J connectivity index is 2.67. The summed E-state index contributed by atoms with van der Waals surface area (Å²) in [6.45, 7) is 5.99. The lowest BCUT2D eigenvalue weighted by Crippen LogP contribution is -2.33. The largest absolute Gasteiger partial charge is 0.477 e. The monoisotopic (exact) mass is 271 g/mol. The van der Waals surface area contributed by atoms with Crippen LogP contribution in [0.2, 0.25) is 0 Å². The Labute approximate surface area is 110 Å². The number of hydrogen-bond acceptors (Lipinski definition) is 4. The van der Waals surface area contributed by atoms with Crippen LogP contribution < -0.4 is 0 Å². The molecule has 0 atom stereocenters. The van der Waals surface area contributed by atoms with E-state index < -0.39 is 5.97 Å². The van der Waals surface area contributed by atoms with Crippen molar-refractivity contribution >= 4 is 23.2 Å². The molecule has 0 spiro atoms. The first-order valence-electron chi connectivity index (χ1n) is 5.80. The van der Waals surface area contributed by atoms with Crippen LogP contribution >= 0.6 is 11.3 Å². The molecular weight excluding hydrogens is 254 g/mol. The quantitative estimate of drug-likeness (QED) is 0.770. The van der Waals surface area contributed by atoms with Crippen LogP contribution in [0.1, 0.15) is 33.2 Å². The summed E-state index contributed by atoms with van der Waals surface area (Å²) in [7, 11) is 0. The van der Waals surface area contributed by atoms with E-state index in [-0.39, 0.29) is 10.8 Å². The van der Waals surface area contributed by atoms with Crippen molar-refractivity contribution in [2.75, 3.05) is 26.3 Å². The van der Waals surface area contributed by atoms with E-state index in [2.05, 4.69) is 0 Å². The minimum Gasteiger partial charge on any atom is -0.477 e. The molecule has 0 aromatic carbocycles. The summed E-state index contributed by atoms with van der Waals surface area (Å²) in [6.07, 6.45) is 0. The van der Waals surface area contributed by atoms with Crippen molar-refractivity contribution in [1.29, 1.82) is 0 Å². The van der Waals surface area contributed by atoms with Gasteiger partial charge in [-0.25, -0.2) is 4.79 Å². The molecule has 1 aromatic heterocycles. The van der Waals surface area contributed by atoms with Crippen LogP contribution in [0.15, 0.2) is 12.1 Å². The highest BCUT2D eigenvalue weighted by Crippen LogP contribution is 2.18. The number of hydrogen-bond donors (Lipinski definition) is 1. The van der Waals surface area contributed by atoms with Crippen molar-refractivity contribution in [3.05, 3.63) is 21.9 Å². The van der Waals surface area contributed by atoms with Gasteiger partial charge in [-0.2, -0.15) is 0 Å². The molecule has 0 aliphatic rings. The lowest BCUT2D eigenvalue weighted by Gasteiger charge is -2.19. The summed E-state index contributed by atoms with van der Waals surface area (Å²) in [4.78, 5) is 25.1. The molecule has 0 unspecified atom stereocenters. The third kappa shape index (κ3) is 3.82. The second-order valence-electron chi connectivity index (χ2n) is 3.55. The number of carbonyl (C=O) groups is 2. The molecule has 0 saturated carbocycles. The summed E-state index contributed by atoms with van der Waals surface area (Å²) >= 11 is 1.00. The van der Waals surface area contributed by atoms with Gasteiger partial charge in [0.25, 0.3) is 5.91 Å². The average Bonchev–Trinajstić information content (AvgIpc) is 2.83. The van der Waals surface area contributed by atoms with Gasteiger partial charge >= 0.3 is 5.97 Å². The Bertz CT molecular complexity index is 416.